The highest BCUT2D eigenvalue weighted by molar-refractivity contribution is 5.71. The maximum absolute atomic E-state index is 10.6. The first-order chi connectivity index (χ1) is 8.17. The molecular formula is C13H17NO3. The number of hydrogen-bond acceptors (Lipinski definition) is 3. The van der Waals surface area contributed by atoms with E-state index in [-0.39, 0.29) is 6.42 Å². The van der Waals surface area contributed by atoms with Gasteiger partial charge in [-0.15, -0.1) is 0 Å². The van der Waals surface area contributed by atoms with E-state index in [1.807, 2.05) is 24.3 Å². The van der Waals surface area contributed by atoms with Crippen LogP contribution in [0.4, 0.5) is 0 Å². The summed E-state index contributed by atoms with van der Waals surface area (Å²) < 4.78 is 5.17. The Labute approximate surface area is 101 Å². The molecule has 17 heavy (non-hydrogen) atoms. The second-order valence-corrected chi connectivity index (χ2v) is 3.62. The van der Waals surface area contributed by atoms with Crippen molar-refractivity contribution in [2.45, 2.75) is 12.8 Å². The van der Waals surface area contributed by atoms with E-state index in [1.165, 1.54) is 7.11 Å². The average Bonchev–Trinajstić information content (AvgIpc) is 2.30. The van der Waals surface area contributed by atoms with E-state index in [9.17, 15) is 4.79 Å². The summed E-state index contributed by atoms with van der Waals surface area (Å²) >= 11 is 0. The third kappa shape index (κ3) is 4.28. The van der Waals surface area contributed by atoms with Gasteiger partial charge in [0.1, 0.15) is 5.75 Å². The molecule has 92 valence electrons. The highest BCUT2D eigenvalue weighted by Crippen LogP contribution is 2.21. The van der Waals surface area contributed by atoms with Crippen molar-refractivity contribution >= 4 is 12.0 Å². The van der Waals surface area contributed by atoms with Gasteiger partial charge in [-0.25, -0.2) is 0 Å². The van der Waals surface area contributed by atoms with Crippen LogP contribution in [0.2, 0.25) is 0 Å². The van der Waals surface area contributed by atoms with Crippen molar-refractivity contribution in [2.75, 3.05) is 13.7 Å². The molecule has 4 nitrogen and oxygen atoms in total. The van der Waals surface area contributed by atoms with Gasteiger partial charge < -0.3 is 15.6 Å². The molecule has 0 atom stereocenters. The van der Waals surface area contributed by atoms with Gasteiger partial charge >= 0.3 is 5.97 Å². The predicted molar refractivity (Wildman–Crippen MR) is 67.0 cm³/mol. The fourth-order valence-electron chi connectivity index (χ4n) is 1.49. The van der Waals surface area contributed by atoms with E-state index in [1.54, 1.807) is 6.07 Å². The van der Waals surface area contributed by atoms with Crippen molar-refractivity contribution in [3.05, 3.63) is 35.4 Å². The molecule has 0 spiro atoms. The third-order valence-corrected chi connectivity index (χ3v) is 2.30. The zero-order valence-corrected chi connectivity index (χ0v) is 9.85. The maximum Gasteiger partial charge on any atom is 0.307 e. The quantitative estimate of drug-likeness (QED) is 0.787. The minimum Gasteiger partial charge on any atom is -0.496 e. The van der Waals surface area contributed by atoms with Crippen LogP contribution >= 0.6 is 0 Å². The summed E-state index contributed by atoms with van der Waals surface area (Å²) in [5.41, 5.74) is 7.04. The first-order valence-corrected chi connectivity index (χ1v) is 5.42. The average molecular weight is 235 g/mol. The Bertz CT molecular complexity index is 413. The van der Waals surface area contributed by atoms with E-state index in [2.05, 4.69) is 0 Å². The van der Waals surface area contributed by atoms with Gasteiger partial charge in [-0.1, -0.05) is 24.3 Å². The molecule has 0 amide bonds. The van der Waals surface area contributed by atoms with Crippen molar-refractivity contribution in [3.8, 4) is 5.75 Å². The van der Waals surface area contributed by atoms with Crippen LogP contribution in [0.5, 0.6) is 5.75 Å². The molecule has 3 N–H and O–H groups in total. The van der Waals surface area contributed by atoms with Crippen LogP contribution in [0.3, 0.4) is 0 Å². The number of methoxy groups -OCH3 is 1. The topological polar surface area (TPSA) is 72.5 Å². The van der Waals surface area contributed by atoms with Gasteiger partial charge in [0.2, 0.25) is 0 Å². The summed E-state index contributed by atoms with van der Waals surface area (Å²) in [6, 6.07) is 5.47. The van der Waals surface area contributed by atoms with Gasteiger partial charge in [-0.3, -0.25) is 4.79 Å². The van der Waals surface area contributed by atoms with Crippen LogP contribution in [0.1, 0.15) is 17.5 Å². The standard InChI is InChI=1S/C13H17NO3/c1-17-12-8-10(4-2-3-7-14)5-6-11(12)9-13(15)16/h2,4-6,8H,3,7,9,14H2,1H3,(H,15,16). The van der Waals surface area contributed by atoms with Gasteiger partial charge in [-0.05, 0) is 24.6 Å². The van der Waals surface area contributed by atoms with Crippen molar-refractivity contribution in [3.63, 3.8) is 0 Å². The minimum absolute atomic E-state index is 0.0318. The fraction of sp³-hybridized carbons (Fsp3) is 0.308. The number of rotatable bonds is 6. The van der Waals surface area contributed by atoms with Gasteiger partial charge in [0.25, 0.3) is 0 Å². The smallest absolute Gasteiger partial charge is 0.307 e. The van der Waals surface area contributed by atoms with Crippen LogP contribution in [0.25, 0.3) is 6.08 Å². The fourth-order valence-corrected chi connectivity index (χ4v) is 1.49. The molecule has 0 saturated heterocycles. The summed E-state index contributed by atoms with van der Waals surface area (Å²) in [5.74, 6) is -0.267. The van der Waals surface area contributed by atoms with Crippen molar-refractivity contribution < 1.29 is 14.6 Å². The lowest BCUT2D eigenvalue weighted by atomic mass is 10.1. The predicted octanol–water partition coefficient (Wildman–Crippen LogP) is 1.68. The van der Waals surface area contributed by atoms with Crippen LogP contribution in [0, 0.1) is 0 Å². The maximum atomic E-state index is 10.6. The lowest BCUT2D eigenvalue weighted by Crippen LogP contribution is -2.02. The van der Waals surface area contributed by atoms with E-state index in [0.717, 1.165) is 12.0 Å². The number of hydrogen-bond donors (Lipinski definition) is 2. The summed E-state index contributed by atoms with van der Waals surface area (Å²) in [6.07, 6.45) is 4.71. The highest BCUT2D eigenvalue weighted by Gasteiger charge is 2.07. The highest BCUT2D eigenvalue weighted by atomic mass is 16.5. The number of benzene rings is 1. The first kappa shape index (κ1) is 13.3. The number of carboxylic acids is 1. The number of carbonyl (C=O) groups is 1. The zero-order valence-electron chi connectivity index (χ0n) is 9.85. The van der Waals surface area contributed by atoms with E-state index in [0.29, 0.717) is 17.9 Å². The lowest BCUT2D eigenvalue weighted by molar-refractivity contribution is -0.136. The minimum atomic E-state index is -0.866. The van der Waals surface area contributed by atoms with Gasteiger partial charge in [0.05, 0.1) is 13.5 Å². The van der Waals surface area contributed by atoms with Gasteiger partial charge in [0.15, 0.2) is 0 Å². The zero-order chi connectivity index (χ0) is 12.7. The summed E-state index contributed by atoms with van der Waals surface area (Å²) in [4.78, 5) is 10.6. The van der Waals surface area contributed by atoms with Crippen LogP contribution in [0.15, 0.2) is 24.3 Å². The van der Waals surface area contributed by atoms with Crippen LogP contribution in [-0.4, -0.2) is 24.7 Å². The number of carboxylic acid groups (broad SMARTS) is 1. The number of ether oxygens (including phenoxy) is 1. The van der Waals surface area contributed by atoms with E-state index < -0.39 is 5.97 Å². The molecule has 0 bridgehead atoms. The molecule has 0 aliphatic carbocycles. The molecular weight excluding hydrogens is 218 g/mol. The summed E-state index contributed by atoms with van der Waals surface area (Å²) in [6.45, 7) is 0.616. The van der Waals surface area contributed by atoms with Crippen molar-refractivity contribution in [2.24, 2.45) is 5.73 Å². The van der Waals surface area contributed by atoms with Gasteiger partial charge in [-0.2, -0.15) is 0 Å². The molecule has 1 rings (SSSR count). The molecule has 0 heterocycles. The molecule has 0 fully saturated rings. The van der Waals surface area contributed by atoms with Crippen molar-refractivity contribution in [1.82, 2.24) is 0 Å². The van der Waals surface area contributed by atoms with E-state index >= 15 is 0 Å². The molecule has 0 unspecified atom stereocenters. The first-order valence-electron chi connectivity index (χ1n) is 5.42. The Balaban J connectivity index is 2.88. The molecule has 1 aromatic rings. The van der Waals surface area contributed by atoms with E-state index in [4.69, 9.17) is 15.6 Å². The molecule has 0 aromatic heterocycles. The third-order valence-electron chi connectivity index (χ3n) is 2.30. The SMILES string of the molecule is COc1cc(C=CCCN)ccc1CC(=O)O. The molecule has 0 radical (unpaired) electrons. The Morgan fingerprint density at radius 1 is 1.53 bits per heavy atom. The van der Waals surface area contributed by atoms with Crippen LogP contribution < -0.4 is 10.5 Å². The monoisotopic (exact) mass is 235 g/mol. The normalized spacial score (nSPS) is 10.7. The van der Waals surface area contributed by atoms with Gasteiger partial charge in [0, 0.05) is 5.56 Å². The molecule has 4 heteroatoms. The van der Waals surface area contributed by atoms with Crippen LogP contribution in [-0.2, 0) is 11.2 Å². The lowest BCUT2D eigenvalue weighted by Gasteiger charge is -2.07. The Morgan fingerprint density at radius 3 is 2.88 bits per heavy atom. The summed E-state index contributed by atoms with van der Waals surface area (Å²) in [7, 11) is 1.54. The molecule has 0 aliphatic heterocycles. The molecule has 0 aliphatic rings. The van der Waals surface area contributed by atoms with Crippen molar-refractivity contribution in [1.29, 1.82) is 0 Å². The second kappa shape index (κ2) is 6.70. The summed E-state index contributed by atoms with van der Waals surface area (Å²) in [5, 5.41) is 8.75. The Kier molecular flexibility index (Phi) is 5.23. The largest absolute Gasteiger partial charge is 0.496 e. The Morgan fingerprint density at radius 2 is 2.29 bits per heavy atom. The molecule has 1 aromatic carbocycles. The number of aliphatic carboxylic acids is 1. The number of nitrogens with two attached hydrogens (primary N) is 1. The second-order valence-electron chi connectivity index (χ2n) is 3.62. The Hall–Kier alpha value is -1.81. The molecule has 0 saturated carbocycles.